The molecule has 0 N–H and O–H groups in total. The van der Waals surface area contributed by atoms with E-state index in [-0.39, 0.29) is 5.91 Å². The quantitative estimate of drug-likeness (QED) is 0.497. The first-order valence-corrected chi connectivity index (χ1v) is 5.29. The fraction of sp³-hybridized carbons (Fsp3) is 0.667. The minimum atomic E-state index is -0.872. The van der Waals surface area contributed by atoms with Crippen LogP contribution in [0.25, 0.3) is 0 Å². The number of hydrogen-bond donors (Lipinski definition) is 0. The molecule has 0 aromatic carbocycles. The van der Waals surface area contributed by atoms with Gasteiger partial charge in [-0.1, -0.05) is 13.0 Å². The second-order valence-electron chi connectivity index (χ2n) is 3.96. The molecule has 3 heteroatoms. The predicted molar refractivity (Wildman–Crippen MR) is 61.1 cm³/mol. The van der Waals surface area contributed by atoms with E-state index < -0.39 is 5.41 Å². The molecular weight excluding hydrogens is 188 g/mol. The van der Waals surface area contributed by atoms with Crippen LogP contribution >= 0.6 is 0 Å². The van der Waals surface area contributed by atoms with Crippen LogP contribution in [0.4, 0.5) is 0 Å². The number of carbonyl (C=O) groups excluding carboxylic acids is 1. The van der Waals surface area contributed by atoms with E-state index in [1.165, 1.54) is 0 Å². The van der Waals surface area contributed by atoms with Gasteiger partial charge in [0.25, 0.3) is 0 Å². The lowest BCUT2D eigenvalue weighted by Gasteiger charge is -2.25. The van der Waals surface area contributed by atoms with E-state index in [2.05, 4.69) is 12.6 Å². The van der Waals surface area contributed by atoms with Gasteiger partial charge in [-0.15, -0.1) is 6.58 Å². The summed E-state index contributed by atoms with van der Waals surface area (Å²) in [7, 11) is 1.75. The van der Waals surface area contributed by atoms with Crippen molar-refractivity contribution in [3.05, 3.63) is 12.7 Å². The average molecular weight is 208 g/mol. The van der Waals surface area contributed by atoms with E-state index in [1.54, 1.807) is 18.9 Å². The zero-order chi connectivity index (χ0) is 11.9. The highest BCUT2D eigenvalue weighted by Gasteiger charge is 2.33. The summed E-state index contributed by atoms with van der Waals surface area (Å²) in [5, 5.41) is 8.96. The summed E-state index contributed by atoms with van der Waals surface area (Å²) in [4.78, 5) is 13.5. The fourth-order valence-electron chi connectivity index (χ4n) is 1.27. The smallest absolute Gasteiger partial charge is 0.242 e. The van der Waals surface area contributed by atoms with Crippen molar-refractivity contribution < 1.29 is 4.79 Å². The number of hydrogen-bond acceptors (Lipinski definition) is 2. The van der Waals surface area contributed by atoms with Gasteiger partial charge in [0.1, 0.15) is 5.41 Å². The summed E-state index contributed by atoms with van der Waals surface area (Å²) in [6.07, 6.45) is 4.18. The van der Waals surface area contributed by atoms with Gasteiger partial charge in [0.2, 0.25) is 5.91 Å². The SMILES string of the molecule is C=CCCCN(C)C(=O)C(C)(C#N)CC. The molecule has 0 rings (SSSR count). The summed E-state index contributed by atoms with van der Waals surface area (Å²) in [6, 6.07) is 2.09. The largest absolute Gasteiger partial charge is 0.344 e. The molecule has 0 aliphatic heterocycles. The van der Waals surface area contributed by atoms with Crippen LogP contribution in [-0.2, 0) is 4.79 Å². The molecule has 0 aromatic heterocycles. The molecule has 0 aliphatic carbocycles. The number of carbonyl (C=O) groups is 1. The van der Waals surface area contributed by atoms with Crippen molar-refractivity contribution >= 4 is 5.91 Å². The van der Waals surface area contributed by atoms with Crippen LogP contribution in [-0.4, -0.2) is 24.4 Å². The Kier molecular flexibility index (Phi) is 5.69. The van der Waals surface area contributed by atoms with Crippen molar-refractivity contribution in [1.82, 2.24) is 4.90 Å². The number of amides is 1. The first kappa shape index (κ1) is 13.7. The molecule has 0 saturated carbocycles. The Morgan fingerprint density at radius 2 is 2.27 bits per heavy atom. The summed E-state index contributed by atoms with van der Waals surface area (Å²) < 4.78 is 0. The van der Waals surface area contributed by atoms with Crippen LogP contribution in [0.5, 0.6) is 0 Å². The Morgan fingerprint density at radius 1 is 1.67 bits per heavy atom. The highest BCUT2D eigenvalue weighted by molar-refractivity contribution is 5.84. The molecule has 0 radical (unpaired) electrons. The molecule has 1 amide bonds. The molecule has 0 bridgehead atoms. The van der Waals surface area contributed by atoms with Gasteiger partial charge in [-0.2, -0.15) is 5.26 Å². The molecular formula is C12H20N2O. The van der Waals surface area contributed by atoms with Gasteiger partial charge >= 0.3 is 0 Å². The minimum absolute atomic E-state index is 0.0865. The van der Waals surface area contributed by atoms with Gasteiger partial charge < -0.3 is 4.90 Å². The highest BCUT2D eigenvalue weighted by Crippen LogP contribution is 2.22. The van der Waals surface area contributed by atoms with Crippen LogP contribution in [0.3, 0.4) is 0 Å². The van der Waals surface area contributed by atoms with Gasteiger partial charge in [-0.05, 0) is 26.2 Å². The fourth-order valence-corrected chi connectivity index (χ4v) is 1.27. The van der Waals surface area contributed by atoms with Gasteiger partial charge in [-0.25, -0.2) is 0 Å². The van der Waals surface area contributed by atoms with E-state index in [0.717, 1.165) is 12.8 Å². The molecule has 1 unspecified atom stereocenters. The lowest BCUT2D eigenvalue weighted by molar-refractivity contribution is -0.137. The maximum atomic E-state index is 11.9. The predicted octanol–water partition coefficient (Wildman–Crippen LogP) is 2.35. The second-order valence-corrected chi connectivity index (χ2v) is 3.96. The van der Waals surface area contributed by atoms with Crippen molar-refractivity contribution in [2.75, 3.05) is 13.6 Å². The van der Waals surface area contributed by atoms with E-state index in [0.29, 0.717) is 13.0 Å². The third kappa shape index (κ3) is 3.75. The number of unbranched alkanes of at least 4 members (excludes halogenated alkanes) is 1. The molecule has 1 atom stereocenters. The first-order chi connectivity index (χ1) is 7.01. The minimum Gasteiger partial charge on any atom is -0.344 e. The van der Waals surface area contributed by atoms with Gasteiger partial charge in [0.05, 0.1) is 6.07 Å². The maximum absolute atomic E-state index is 11.9. The molecule has 0 heterocycles. The van der Waals surface area contributed by atoms with Crippen molar-refractivity contribution in [3.8, 4) is 6.07 Å². The van der Waals surface area contributed by atoms with Crippen LogP contribution in [0.2, 0.25) is 0 Å². The van der Waals surface area contributed by atoms with E-state index in [4.69, 9.17) is 5.26 Å². The molecule has 0 aromatic rings. The van der Waals surface area contributed by atoms with Crippen molar-refractivity contribution in [3.63, 3.8) is 0 Å². The topological polar surface area (TPSA) is 44.1 Å². The summed E-state index contributed by atoms with van der Waals surface area (Å²) in [5.74, 6) is -0.0865. The number of allylic oxidation sites excluding steroid dienone is 1. The Morgan fingerprint density at radius 3 is 2.67 bits per heavy atom. The van der Waals surface area contributed by atoms with E-state index >= 15 is 0 Å². The number of rotatable bonds is 6. The Bertz CT molecular complexity index is 267. The molecule has 3 nitrogen and oxygen atoms in total. The standard InChI is InChI=1S/C12H20N2O/c1-5-7-8-9-14(4)11(15)12(3,6-2)10-13/h5H,1,6-9H2,2-4H3. The maximum Gasteiger partial charge on any atom is 0.242 e. The van der Waals surface area contributed by atoms with Crippen molar-refractivity contribution in [1.29, 1.82) is 5.26 Å². The summed E-state index contributed by atoms with van der Waals surface area (Å²) in [5.41, 5.74) is -0.872. The van der Waals surface area contributed by atoms with Crippen LogP contribution in [0.15, 0.2) is 12.7 Å². The Balaban J connectivity index is 4.31. The van der Waals surface area contributed by atoms with Gasteiger partial charge in [0.15, 0.2) is 0 Å². The monoisotopic (exact) mass is 208 g/mol. The summed E-state index contributed by atoms with van der Waals surface area (Å²) >= 11 is 0. The lowest BCUT2D eigenvalue weighted by atomic mass is 9.88. The second kappa shape index (κ2) is 6.23. The summed E-state index contributed by atoms with van der Waals surface area (Å²) in [6.45, 7) is 7.86. The molecule has 15 heavy (non-hydrogen) atoms. The van der Waals surface area contributed by atoms with E-state index in [1.807, 2.05) is 13.0 Å². The lowest BCUT2D eigenvalue weighted by Crippen LogP contribution is -2.39. The Labute approximate surface area is 92.4 Å². The molecule has 0 fully saturated rings. The third-order valence-electron chi connectivity index (χ3n) is 2.67. The zero-order valence-corrected chi connectivity index (χ0v) is 9.92. The normalized spacial score (nSPS) is 13.7. The van der Waals surface area contributed by atoms with Crippen LogP contribution in [0, 0.1) is 16.7 Å². The van der Waals surface area contributed by atoms with Crippen molar-refractivity contribution in [2.45, 2.75) is 33.1 Å². The average Bonchev–Trinajstić information content (AvgIpc) is 2.27. The zero-order valence-electron chi connectivity index (χ0n) is 9.92. The molecule has 0 aliphatic rings. The molecule has 0 saturated heterocycles. The first-order valence-electron chi connectivity index (χ1n) is 5.29. The van der Waals surface area contributed by atoms with Crippen LogP contribution in [0.1, 0.15) is 33.1 Å². The molecule has 0 spiro atoms. The number of nitrogens with zero attached hydrogens (tertiary/aromatic N) is 2. The third-order valence-corrected chi connectivity index (χ3v) is 2.67. The highest BCUT2D eigenvalue weighted by atomic mass is 16.2. The van der Waals surface area contributed by atoms with Gasteiger partial charge in [0, 0.05) is 13.6 Å². The van der Waals surface area contributed by atoms with Crippen LogP contribution < -0.4 is 0 Å². The molecule has 84 valence electrons. The number of nitriles is 1. The Hall–Kier alpha value is -1.30. The van der Waals surface area contributed by atoms with Crippen molar-refractivity contribution in [2.24, 2.45) is 5.41 Å². The van der Waals surface area contributed by atoms with E-state index in [9.17, 15) is 4.79 Å². The van der Waals surface area contributed by atoms with Gasteiger partial charge in [-0.3, -0.25) is 4.79 Å².